The van der Waals surface area contributed by atoms with Crippen molar-refractivity contribution in [2.45, 2.75) is 12.0 Å². The van der Waals surface area contributed by atoms with Crippen molar-refractivity contribution in [3.63, 3.8) is 0 Å². The van der Waals surface area contributed by atoms with E-state index >= 15 is 0 Å². The van der Waals surface area contributed by atoms with Crippen LogP contribution in [0.1, 0.15) is 16.2 Å². The second-order valence-electron chi connectivity index (χ2n) is 3.79. The maximum Gasteiger partial charge on any atom is 0.371 e. The molecule has 2 rings (SSSR count). The summed E-state index contributed by atoms with van der Waals surface area (Å²) in [6, 6.07) is 5.25. The number of hydrogen-bond acceptors (Lipinski definition) is 5. The van der Waals surface area contributed by atoms with Crippen LogP contribution in [0.3, 0.4) is 0 Å². The Hall–Kier alpha value is -1.87. The Morgan fingerprint density at radius 1 is 1.35 bits per heavy atom. The Morgan fingerprint density at radius 3 is 2.60 bits per heavy atom. The van der Waals surface area contributed by atoms with Gasteiger partial charge in [-0.15, -0.1) is 0 Å². The molecule has 106 valence electrons. The largest absolute Gasteiger partial charge is 0.475 e. The molecule has 0 aliphatic heterocycles. The quantitative estimate of drug-likeness (QED) is 0.864. The van der Waals surface area contributed by atoms with Crippen molar-refractivity contribution in [1.82, 2.24) is 4.98 Å². The molecule has 2 heterocycles. The fourth-order valence-electron chi connectivity index (χ4n) is 1.37. The third kappa shape index (κ3) is 2.99. The van der Waals surface area contributed by atoms with E-state index in [-0.39, 0.29) is 5.82 Å². The lowest BCUT2D eigenvalue weighted by Crippen LogP contribution is -2.13. The summed E-state index contributed by atoms with van der Waals surface area (Å²) >= 11 is 3.25. The van der Waals surface area contributed by atoms with Crippen LogP contribution in [0.5, 0.6) is 0 Å². The van der Waals surface area contributed by atoms with Crippen LogP contribution in [-0.2, 0) is 10.0 Å². The second kappa shape index (κ2) is 5.25. The number of pyridine rings is 1. The maximum atomic E-state index is 12.0. The Balaban J connectivity index is 2.30. The van der Waals surface area contributed by atoms with Gasteiger partial charge in [0.2, 0.25) is 10.9 Å². The Labute approximate surface area is 122 Å². The number of carbonyl (C=O) groups is 1. The Bertz CT molecular complexity index is 769. The first-order chi connectivity index (χ1) is 9.29. The zero-order valence-electron chi connectivity index (χ0n) is 10.1. The molecule has 0 atom stereocenters. The molecule has 0 fully saturated rings. The zero-order valence-corrected chi connectivity index (χ0v) is 12.5. The Kier molecular flexibility index (Phi) is 3.82. The highest BCUT2D eigenvalue weighted by Crippen LogP contribution is 2.20. The van der Waals surface area contributed by atoms with E-state index in [2.05, 4.69) is 25.6 Å². The van der Waals surface area contributed by atoms with E-state index in [0.717, 1.165) is 16.6 Å². The highest BCUT2D eigenvalue weighted by atomic mass is 79.9. The SMILES string of the molecule is Cc1nc(NS(=O)(=O)c2ccc(C(=O)O)o2)ccc1Br. The van der Waals surface area contributed by atoms with Crippen molar-refractivity contribution in [2.75, 3.05) is 4.72 Å². The van der Waals surface area contributed by atoms with Crippen molar-refractivity contribution in [3.05, 3.63) is 40.2 Å². The number of aromatic carboxylic acids is 1. The van der Waals surface area contributed by atoms with Gasteiger partial charge >= 0.3 is 5.97 Å². The number of furan rings is 1. The molecule has 0 unspecified atom stereocenters. The lowest BCUT2D eigenvalue weighted by molar-refractivity contribution is 0.0656. The van der Waals surface area contributed by atoms with Gasteiger partial charge in [-0.25, -0.2) is 9.78 Å². The Morgan fingerprint density at radius 2 is 2.05 bits per heavy atom. The molecule has 7 nitrogen and oxygen atoms in total. The number of halogens is 1. The number of carboxylic acid groups (broad SMARTS) is 1. The van der Waals surface area contributed by atoms with E-state index in [1.165, 1.54) is 6.07 Å². The van der Waals surface area contributed by atoms with Crippen LogP contribution >= 0.6 is 15.9 Å². The number of aryl methyl sites for hydroxylation is 1. The van der Waals surface area contributed by atoms with E-state index in [4.69, 9.17) is 9.52 Å². The van der Waals surface area contributed by atoms with E-state index in [1.54, 1.807) is 13.0 Å². The summed E-state index contributed by atoms with van der Waals surface area (Å²) in [5.74, 6) is -1.69. The fourth-order valence-corrected chi connectivity index (χ4v) is 2.53. The third-order valence-electron chi connectivity index (χ3n) is 2.32. The lowest BCUT2D eigenvalue weighted by Gasteiger charge is -2.06. The van der Waals surface area contributed by atoms with Crippen LogP contribution in [0.25, 0.3) is 0 Å². The fraction of sp³-hybridized carbons (Fsp3) is 0.0909. The minimum atomic E-state index is -4.01. The van der Waals surface area contributed by atoms with E-state index in [0.29, 0.717) is 5.69 Å². The van der Waals surface area contributed by atoms with Gasteiger partial charge in [0.15, 0.2) is 0 Å². The second-order valence-corrected chi connectivity index (χ2v) is 6.26. The summed E-state index contributed by atoms with van der Waals surface area (Å²) in [4.78, 5) is 14.7. The van der Waals surface area contributed by atoms with Crippen molar-refractivity contribution in [3.8, 4) is 0 Å². The molecule has 0 amide bonds. The minimum absolute atomic E-state index is 0.110. The summed E-state index contributed by atoms with van der Waals surface area (Å²) in [6.45, 7) is 1.71. The summed E-state index contributed by atoms with van der Waals surface area (Å²) < 4.78 is 31.7. The maximum absolute atomic E-state index is 12.0. The number of nitrogens with one attached hydrogen (secondary N) is 1. The van der Waals surface area contributed by atoms with Gasteiger partial charge in [0.05, 0.1) is 5.69 Å². The summed E-state index contributed by atoms with van der Waals surface area (Å²) in [5, 5.41) is 8.21. The number of hydrogen-bond donors (Lipinski definition) is 2. The lowest BCUT2D eigenvalue weighted by atomic mass is 10.4. The molecule has 2 aromatic heterocycles. The van der Waals surface area contributed by atoms with Crippen LogP contribution in [-0.4, -0.2) is 24.5 Å². The number of nitrogens with zero attached hydrogens (tertiary/aromatic N) is 1. The first kappa shape index (κ1) is 14.5. The molecular formula is C11H9BrN2O5S. The predicted octanol–water partition coefficient (Wildman–Crippen LogP) is 2.24. The average Bonchev–Trinajstić information content (AvgIpc) is 2.84. The summed E-state index contributed by atoms with van der Waals surface area (Å²) in [6.07, 6.45) is 0. The first-order valence-corrected chi connectivity index (χ1v) is 7.56. The van der Waals surface area contributed by atoms with Crippen LogP contribution in [0, 0.1) is 6.92 Å². The van der Waals surface area contributed by atoms with Crippen LogP contribution in [0.15, 0.2) is 38.2 Å². The molecule has 2 N–H and O–H groups in total. The molecule has 0 aromatic carbocycles. The number of carboxylic acids is 1. The molecule has 0 saturated heterocycles. The molecule has 0 spiro atoms. The molecule has 2 aromatic rings. The number of sulfonamides is 1. The molecule has 0 aliphatic rings. The van der Waals surface area contributed by atoms with Gasteiger partial charge < -0.3 is 9.52 Å². The number of aromatic nitrogens is 1. The average molecular weight is 361 g/mol. The highest BCUT2D eigenvalue weighted by molar-refractivity contribution is 9.10. The summed E-state index contributed by atoms with van der Waals surface area (Å²) in [7, 11) is -4.01. The van der Waals surface area contributed by atoms with Gasteiger partial charge in [0.25, 0.3) is 10.0 Å². The van der Waals surface area contributed by atoms with Gasteiger partial charge in [-0.1, -0.05) is 0 Å². The van der Waals surface area contributed by atoms with Crippen LogP contribution in [0.4, 0.5) is 5.82 Å². The molecule has 0 radical (unpaired) electrons. The van der Waals surface area contributed by atoms with E-state index in [9.17, 15) is 13.2 Å². The predicted molar refractivity (Wildman–Crippen MR) is 73.1 cm³/mol. The molecule has 0 bridgehead atoms. The smallest absolute Gasteiger partial charge is 0.371 e. The van der Waals surface area contributed by atoms with Gasteiger partial charge in [-0.2, -0.15) is 8.42 Å². The van der Waals surface area contributed by atoms with Crippen molar-refractivity contribution < 1.29 is 22.7 Å². The minimum Gasteiger partial charge on any atom is -0.475 e. The number of rotatable bonds is 4. The first-order valence-electron chi connectivity index (χ1n) is 5.29. The van der Waals surface area contributed by atoms with Gasteiger partial charge in [0, 0.05) is 4.47 Å². The number of anilines is 1. The molecule has 9 heteroatoms. The monoisotopic (exact) mass is 360 g/mol. The van der Waals surface area contributed by atoms with Crippen molar-refractivity contribution in [2.24, 2.45) is 0 Å². The van der Waals surface area contributed by atoms with Crippen LogP contribution < -0.4 is 4.72 Å². The van der Waals surface area contributed by atoms with Gasteiger partial charge in [0.1, 0.15) is 5.82 Å². The van der Waals surface area contributed by atoms with Crippen molar-refractivity contribution >= 4 is 37.7 Å². The molecule has 0 aliphatic carbocycles. The molecule has 20 heavy (non-hydrogen) atoms. The zero-order chi connectivity index (χ0) is 14.9. The molecule has 0 saturated carbocycles. The van der Waals surface area contributed by atoms with E-state index < -0.39 is 26.8 Å². The standard InChI is InChI=1S/C11H9BrN2O5S/c1-6-7(12)2-4-9(13-6)14-20(17,18)10-5-3-8(19-10)11(15)16/h2-5H,1H3,(H,13,14)(H,15,16). The highest BCUT2D eigenvalue weighted by Gasteiger charge is 2.21. The van der Waals surface area contributed by atoms with Gasteiger partial charge in [-0.3, -0.25) is 4.72 Å². The van der Waals surface area contributed by atoms with Gasteiger partial charge in [-0.05, 0) is 47.1 Å². The normalized spacial score (nSPS) is 11.3. The summed E-state index contributed by atoms with van der Waals surface area (Å²) in [5.41, 5.74) is 0.607. The van der Waals surface area contributed by atoms with Crippen molar-refractivity contribution in [1.29, 1.82) is 0 Å². The topological polar surface area (TPSA) is 110 Å². The molecular weight excluding hydrogens is 352 g/mol. The van der Waals surface area contributed by atoms with E-state index in [1.807, 2.05) is 0 Å². The van der Waals surface area contributed by atoms with Crippen LogP contribution in [0.2, 0.25) is 0 Å². The third-order valence-corrected chi connectivity index (χ3v) is 4.38.